The molecular formula is C20H36Si3. The van der Waals surface area contributed by atoms with Crippen LogP contribution >= 0.6 is 0 Å². The Balaban J connectivity index is 3.50. The molecule has 0 bridgehead atoms. The molecule has 0 nitrogen and oxygen atoms in total. The van der Waals surface area contributed by atoms with E-state index in [1.54, 1.807) is 5.20 Å². The minimum absolute atomic E-state index is 0.689. The zero-order chi connectivity index (χ0) is 17.9. The molecule has 0 amide bonds. The SMILES string of the molecule is C=CC[Si](C)(C)C1=C([Si](C)(C)CC=C)C([Si](C)(C)CC=C)C=C1. The van der Waals surface area contributed by atoms with E-state index in [2.05, 4.69) is 89.4 Å². The van der Waals surface area contributed by atoms with E-state index in [0.29, 0.717) is 5.54 Å². The molecule has 0 saturated heterocycles. The summed E-state index contributed by atoms with van der Waals surface area (Å²) >= 11 is 0. The molecule has 1 atom stereocenters. The summed E-state index contributed by atoms with van der Waals surface area (Å²) in [5, 5.41) is 3.57. The molecule has 0 saturated carbocycles. The van der Waals surface area contributed by atoms with Gasteiger partial charge in [-0.05, 0) is 23.7 Å². The van der Waals surface area contributed by atoms with Crippen LogP contribution in [0.25, 0.3) is 0 Å². The maximum Gasteiger partial charge on any atom is 0.0837 e. The molecule has 1 aliphatic carbocycles. The van der Waals surface area contributed by atoms with E-state index in [9.17, 15) is 0 Å². The van der Waals surface area contributed by atoms with Gasteiger partial charge in [0.25, 0.3) is 0 Å². The summed E-state index contributed by atoms with van der Waals surface area (Å²) in [6, 6.07) is 3.55. The lowest BCUT2D eigenvalue weighted by atomic mass is 10.4. The largest absolute Gasteiger partial charge is 0.103 e. The predicted octanol–water partition coefficient (Wildman–Crippen LogP) is 6.98. The van der Waals surface area contributed by atoms with Crippen molar-refractivity contribution in [2.45, 2.75) is 63.0 Å². The third-order valence-electron chi connectivity index (χ3n) is 5.34. The fourth-order valence-electron chi connectivity index (χ4n) is 4.01. The van der Waals surface area contributed by atoms with Gasteiger partial charge in [0.1, 0.15) is 0 Å². The summed E-state index contributed by atoms with van der Waals surface area (Å²) in [4.78, 5) is 0. The quantitative estimate of drug-likeness (QED) is 0.307. The van der Waals surface area contributed by atoms with Gasteiger partial charge in [-0.25, -0.2) is 0 Å². The summed E-state index contributed by atoms with van der Waals surface area (Å²) in [5.41, 5.74) is 0.689. The maximum absolute atomic E-state index is 4.05. The molecule has 0 N–H and O–H groups in total. The molecule has 1 unspecified atom stereocenters. The van der Waals surface area contributed by atoms with Gasteiger partial charge in [-0.3, -0.25) is 0 Å². The standard InChI is InChI=1S/C20H36Si3/c1-10-15-21(4,5)18-13-14-19(22(6,7)16-11-2)20(18)23(8,9)17-12-3/h10-14,18H,1-3,15-17H2,4-9H3. The number of hydrogen-bond donors (Lipinski definition) is 0. The van der Waals surface area contributed by atoms with Crippen molar-refractivity contribution in [1.82, 2.24) is 0 Å². The smallest absolute Gasteiger partial charge is 0.0837 e. The van der Waals surface area contributed by atoms with Crippen molar-refractivity contribution in [2.24, 2.45) is 0 Å². The van der Waals surface area contributed by atoms with E-state index in [0.717, 1.165) is 0 Å². The lowest BCUT2D eigenvalue weighted by Crippen LogP contribution is -2.42. The van der Waals surface area contributed by atoms with Gasteiger partial charge in [0, 0.05) is 0 Å². The van der Waals surface area contributed by atoms with E-state index in [-0.39, 0.29) is 0 Å². The molecule has 0 heterocycles. The number of hydrogen-bond acceptors (Lipinski definition) is 0. The van der Waals surface area contributed by atoms with E-state index in [1.807, 2.05) is 5.20 Å². The minimum Gasteiger partial charge on any atom is -0.103 e. The van der Waals surface area contributed by atoms with E-state index in [4.69, 9.17) is 0 Å². The molecule has 0 aromatic carbocycles. The Morgan fingerprint density at radius 1 is 0.826 bits per heavy atom. The van der Waals surface area contributed by atoms with E-state index >= 15 is 0 Å². The van der Waals surface area contributed by atoms with Crippen molar-refractivity contribution in [2.75, 3.05) is 0 Å². The maximum atomic E-state index is 4.05. The first-order valence-electron chi connectivity index (χ1n) is 8.79. The van der Waals surface area contributed by atoms with Crippen molar-refractivity contribution < 1.29 is 0 Å². The zero-order valence-corrected chi connectivity index (χ0v) is 19.2. The molecule has 0 aliphatic heterocycles. The van der Waals surface area contributed by atoms with Crippen molar-refractivity contribution in [3.63, 3.8) is 0 Å². The second kappa shape index (κ2) is 7.49. The third-order valence-corrected chi connectivity index (χ3v) is 15.9. The van der Waals surface area contributed by atoms with Crippen molar-refractivity contribution >= 4 is 24.2 Å². The van der Waals surface area contributed by atoms with Crippen LogP contribution in [0.1, 0.15) is 0 Å². The highest BCUT2D eigenvalue weighted by Gasteiger charge is 2.44. The fraction of sp³-hybridized carbons (Fsp3) is 0.500. The van der Waals surface area contributed by atoms with Gasteiger partial charge in [0.15, 0.2) is 0 Å². The minimum atomic E-state index is -1.47. The topological polar surface area (TPSA) is 0 Å². The highest BCUT2D eigenvalue weighted by Crippen LogP contribution is 2.48. The van der Waals surface area contributed by atoms with Crippen molar-refractivity contribution in [1.29, 1.82) is 0 Å². The van der Waals surface area contributed by atoms with Gasteiger partial charge >= 0.3 is 0 Å². The van der Waals surface area contributed by atoms with Crippen LogP contribution in [0.2, 0.25) is 63.0 Å². The zero-order valence-electron chi connectivity index (χ0n) is 16.2. The Kier molecular flexibility index (Phi) is 6.65. The molecule has 23 heavy (non-hydrogen) atoms. The summed E-state index contributed by atoms with van der Waals surface area (Å²) in [6.07, 6.45) is 11.5. The number of rotatable bonds is 9. The van der Waals surface area contributed by atoms with Crippen molar-refractivity contribution in [3.8, 4) is 0 Å². The van der Waals surface area contributed by atoms with Gasteiger partial charge in [-0.15, -0.1) is 19.7 Å². The van der Waals surface area contributed by atoms with Crippen LogP contribution in [0.5, 0.6) is 0 Å². The molecule has 3 heteroatoms. The predicted molar refractivity (Wildman–Crippen MR) is 117 cm³/mol. The first-order valence-corrected chi connectivity index (χ1v) is 18.5. The average molecular weight is 361 g/mol. The Hall–Kier alpha value is -0.649. The van der Waals surface area contributed by atoms with E-state index in [1.165, 1.54) is 18.1 Å². The molecule has 0 radical (unpaired) electrons. The molecule has 0 fully saturated rings. The van der Waals surface area contributed by atoms with Crippen LogP contribution in [0.4, 0.5) is 0 Å². The van der Waals surface area contributed by atoms with Crippen LogP contribution in [0.15, 0.2) is 60.5 Å². The monoisotopic (exact) mass is 360 g/mol. The van der Waals surface area contributed by atoms with Gasteiger partial charge < -0.3 is 0 Å². The molecule has 1 aliphatic rings. The Labute approximate surface area is 147 Å². The highest BCUT2D eigenvalue weighted by atomic mass is 28.3. The highest BCUT2D eigenvalue weighted by molar-refractivity contribution is 6.94. The summed E-state index contributed by atoms with van der Waals surface area (Å²) < 4.78 is 0. The molecule has 0 spiro atoms. The molecule has 1 rings (SSSR count). The second-order valence-electron chi connectivity index (χ2n) is 8.90. The third kappa shape index (κ3) is 4.46. The fourth-order valence-corrected chi connectivity index (χ4v) is 16.2. The van der Waals surface area contributed by atoms with Crippen molar-refractivity contribution in [3.05, 3.63) is 60.5 Å². The van der Waals surface area contributed by atoms with Gasteiger partial charge in [0.2, 0.25) is 0 Å². The first-order chi connectivity index (χ1) is 10.5. The van der Waals surface area contributed by atoms with Gasteiger partial charge in [-0.1, -0.05) is 80.1 Å². The van der Waals surface area contributed by atoms with Crippen LogP contribution in [-0.2, 0) is 0 Å². The van der Waals surface area contributed by atoms with Crippen LogP contribution < -0.4 is 0 Å². The normalized spacial score (nSPS) is 19.1. The second-order valence-corrected chi connectivity index (χ2v) is 23.3. The first kappa shape index (κ1) is 20.4. The Morgan fingerprint density at radius 3 is 1.78 bits per heavy atom. The van der Waals surface area contributed by atoms with Crippen LogP contribution in [0, 0.1) is 0 Å². The Bertz CT molecular complexity index is 533. The lowest BCUT2D eigenvalue weighted by molar-refractivity contribution is 1.19. The van der Waals surface area contributed by atoms with Crippen LogP contribution in [0.3, 0.4) is 0 Å². The Morgan fingerprint density at radius 2 is 1.30 bits per heavy atom. The van der Waals surface area contributed by atoms with Crippen LogP contribution in [-0.4, -0.2) is 24.2 Å². The van der Waals surface area contributed by atoms with E-state index < -0.39 is 24.2 Å². The van der Waals surface area contributed by atoms with Gasteiger partial charge in [0.05, 0.1) is 24.2 Å². The summed E-state index contributed by atoms with van der Waals surface area (Å²) in [6.45, 7) is 27.3. The molecule has 0 aromatic rings. The number of allylic oxidation sites excluding steroid dienone is 7. The average Bonchev–Trinajstić information content (AvgIpc) is 2.85. The molecule has 128 valence electrons. The summed E-state index contributed by atoms with van der Waals surface area (Å²) in [5.74, 6) is 0. The molecule has 0 aromatic heterocycles. The summed E-state index contributed by atoms with van der Waals surface area (Å²) in [7, 11) is -4.30. The molecular weight excluding hydrogens is 324 g/mol. The lowest BCUT2D eigenvalue weighted by Gasteiger charge is -2.39. The van der Waals surface area contributed by atoms with Gasteiger partial charge in [-0.2, -0.15) is 0 Å².